The van der Waals surface area contributed by atoms with Crippen LogP contribution in [0.25, 0.3) is 17.4 Å². The first kappa shape index (κ1) is 18.7. The van der Waals surface area contributed by atoms with E-state index in [1.165, 1.54) is 0 Å². The van der Waals surface area contributed by atoms with Gasteiger partial charge in [0.2, 0.25) is 5.90 Å². The molecule has 2 heterocycles. The van der Waals surface area contributed by atoms with Crippen LogP contribution in [-0.4, -0.2) is 17.0 Å². The molecule has 28 heavy (non-hydrogen) atoms. The monoisotopic (exact) mass is 432 g/mol. The van der Waals surface area contributed by atoms with Crippen molar-refractivity contribution in [2.75, 3.05) is 0 Å². The SMILES string of the molecule is Cc1noc(-c2c(Cl)cccc2Cl)c1C1=N/C(=C/c2ccc(Cl)cc2)C(=O)O1. The summed E-state index contributed by atoms with van der Waals surface area (Å²) in [6.45, 7) is 1.71. The van der Waals surface area contributed by atoms with Gasteiger partial charge in [0.1, 0.15) is 5.56 Å². The predicted octanol–water partition coefficient (Wildman–Crippen LogP) is 5.95. The fraction of sp³-hybridized carbons (Fsp3) is 0.0500. The van der Waals surface area contributed by atoms with E-state index in [0.717, 1.165) is 5.56 Å². The van der Waals surface area contributed by atoms with Gasteiger partial charge in [-0.2, -0.15) is 0 Å². The van der Waals surface area contributed by atoms with Crippen molar-refractivity contribution in [3.8, 4) is 11.3 Å². The van der Waals surface area contributed by atoms with Crippen LogP contribution in [0, 0.1) is 6.92 Å². The molecule has 1 aliphatic heterocycles. The van der Waals surface area contributed by atoms with Crippen molar-refractivity contribution in [3.05, 3.63) is 80.1 Å². The van der Waals surface area contributed by atoms with Gasteiger partial charge in [-0.1, -0.05) is 58.2 Å². The lowest BCUT2D eigenvalue weighted by atomic mass is 10.1. The highest BCUT2D eigenvalue weighted by Gasteiger charge is 2.31. The molecule has 0 aliphatic carbocycles. The minimum Gasteiger partial charge on any atom is -0.402 e. The van der Waals surface area contributed by atoms with Gasteiger partial charge < -0.3 is 9.26 Å². The van der Waals surface area contributed by atoms with Gasteiger partial charge in [0.15, 0.2) is 11.5 Å². The Morgan fingerprint density at radius 2 is 1.64 bits per heavy atom. The quantitative estimate of drug-likeness (QED) is 0.378. The zero-order chi connectivity index (χ0) is 19.8. The van der Waals surface area contributed by atoms with Crippen LogP contribution in [-0.2, 0) is 9.53 Å². The Kier molecular flexibility index (Phi) is 4.98. The highest BCUT2D eigenvalue weighted by atomic mass is 35.5. The number of halogens is 3. The van der Waals surface area contributed by atoms with Crippen LogP contribution in [0.15, 0.2) is 57.7 Å². The van der Waals surface area contributed by atoms with Crippen molar-refractivity contribution in [2.45, 2.75) is 6.92 Å². The van der Waals surface area contributed by atoms with Gasteiger partial charge in [-0.15, -0.1) is 0 Å². The molecule has 4 rings (SSSR count). The van der Waals surface area contributed by atoms with E-state index in [-0.39, 0.29) is 17.4 Å². The van der Waals surface area contributed by atoms with Gasteiger partial charge in [0, 0.05) is 5.02 Å². The Bertz CT molecular complexity index is 1130. The zero-order valence-corrected chi connectivity index (χ0v) is 16.6. The molecule has 1 aliphatic rings. The summed E-state index contributed by atoms with van der Waals surface area (Å²) in [5, 5.41) is 5.33. The molecule has 0 fully saturated rings. The van der Waals surface area contributed by atoms with Crippen molar-refractivity contribution in [3.63, 3.8) is 0 Å². The first-order chi connectivity index (χ1) is 13.4. The second-order valence-corrected chi connectivity index (χ2v) is 7.21. The Morgan fingerprint density at radius 1 is 0.964 bits per heavy atom. The van der Waals surface area contributed by atoms with E-state index < -0.39 is 5.97 Å². The highest BCUT2D eigenvalue weighted by Crippen LogP contribution is 2.38. The van der Waals surface area contributed by atoms with Gasteiger partial charge >= 0.3 is 5.97 Å². The molecular formula is C20H11Cl3N2O3. The summed E-state index contributed by atoms with van der Waals surface area (Å²) in [4.78, 5) is 16.6. The number of esters is 1. The molecule has 3 aromatic rings. The molecule has 1 aromatic heterocycles. The smallest absolute Gasteiger partial charge is 0.363 e. The molecule has 0 bridgehead atoms. The number of cyclic esters (lactones) is 1. The van der Waals surface area contributed by atoms with Gasteiger partial charge in [-0.05, 0) is 42.8 Å². The van der Waals surface area contributed by atoms with Crippen LogP contribution >= 0.6 is 34.8 Å². The average Bonchev–Trinajstić information content (AvgIpc) is 3.20. The molecule has 0 amide bonds. The molecular weight excluding hydrogens is 423 g/mol. The number of hydrogen-bond donors (Lipinski definition) is 0. The summed E-state index contributed by atoms with van der Waals surface area (Å²) < 4.78 is 10.8. The minimum atomic E-state index is -0.582. The summed E-state index contributed by atoms with van der Waals surface area (Å²) in [5.41, 5.74) is 2.27. The number of carbonyl (C=O) groups excluding carboxylic acids is 1. The number of hydrogen-bond acceptors (Lipinski definition) is 5. The van der Waals surface area contributed by atoms with E-state index >= 15 is 0 Å². The van der Waals surface area contributed by atoms with Crippen molar-refractivity contribution >= 4 is 52.7 Å². The number of rotatable bonds is 3. The summed E-state index contributed by atoms with van der Waals surface area (Å²) in [7, 11) is 0. The van der Waals surface area contributed by atoms with Crippen LogP contribution in [0.4, 0.5) is 0 Å². The largest absolute Gasteiger partial charge is 0.402 e. The van der Waals surface area contributed by atoms with Crippen molar-refractivity contribution in [2.24, 2.45) is 4.99 Å². The van der Waals surface area contributed by atoms with E-state index in [4.69, 9.17) is 44.1 Å². The lowest BCUT2D eigenvalue weighted by Crippen LogP contribution is -2.07. The van der Waals surface area contributed by atoms with Gasteiger partial charge in [0.25, 0.3) is 0 Å². The lowest BCUT2D eigenvalue weighted by molar-refractivity contribution is -0.129. The highest BCUT2D eigenvalue weighted by molar-refractivity contribution is 6.39. The maximum atomic E-state index is 12.3. The molecule has 0 unspecified atom stereocenters. The second kappa shape index (κ2) is 7.43. The van der Waals surface area contributed by atoms with Crippen LogP contribution < -0.4 is 0 Å². The number of aryl methyl sites for hydroxylation is 1. The standard InChI is InChI=1S/C20H11Cl3N2O3/c1-10-16(18(28-25-10)17-13(22)3-2-4-14(17)23)19-24-15(20(26)27-19)9-11-5-7-12(21)8-6-11/h2-9H,1H3/b15-9+. The maximum Gasteiger partial charge on any atom is 0.363 e. The minimum absolute atomic E-state index is 0.0787. The van der Waals surface area contributed by atoms with Crippen LogP contribution in [0.3, 0.4) is 0 Å². The topological polar surface area (TPSA) is 64.7 Å². The molecule has 5 nitrogen and oxygen atoms in total. The number of aliphatic imine (C=N–C) groups is 1. The molecule has 140 valence electrons. The fourth-order valence-corrected chi connectivity index (χ4v) is 3.43. The van der Waals surface area contributed by atoms with Crippen molar-refractivity contribution in [1.29, 1.82) is 0 Å². The van der Waals surface area contributed by atoms with E-state index in [0.29, 0.717) is 31.9 Å². The Hall–Kier alpha value is -2.60. The Morgan fingerprint density at radius 3 is 2.32 bits per heavy atom. The molecule has 0 atom stereocenters. The number of carbonyl (C=O) groups is 1. The van der Waals surface area contributed by atoms with Gasteiger partial charge in [-0.3, -0.25) is 0 Å². The number of nitrogens with zero attached hydrogens (tertiary/aromatic N) is 2. The summed E-state index contributed by atoms with van der Waals surface area (Å²) >= 11 is 18.5. The van der Waals surface area contributed by atoms with Crippen molar-refractivity contribution in [1.82, 2.24) is 5.16 Å². The van der Waals surface area contributed by atoms with Crippen LogP contribution in [0.1, 0.15) is 16.8 Å². The predicted molar refractivity (Wildman–Crippen MR) is 109 cm³/mol. The van der Waals surface area contributed by atoms with Crippen LogP contribution in [0.5, 0.6) is 0 Å². The normalized spacial score (nSPS) is 15.1. The molecule has 0 saturated carbocycles. The van der Waals surface area contributed by atoms with Crippen molar-refractivity contribution < 1.29 is 14.1 Å². The van der Waals surface area contributed by atoms with E-state index in [1.807, 2.05) is 0 Å². The van der Waals surface area contributed by atoms with E-state index in [9.17, 15) is 4.79 Å². The summed E-state index contributed by atoms with van der Waals surface area (Å²) in [5.74, 6) is -0.218. The third kappa shape index (κ3) is 3.44. The van der Waals surface area contributed by atoms with Crippen LogP contribution in [0.2, 0.25) is 15.1 Å². The first-order valence-corrected chi connectivity index (χ1v) is 9.26. The third-order valence-electron chi connectivity index (χ3n) is 4.06. The van der Waals surface area contributed by atoms with Gasteiger partial charge in [0.05, 0.1) is 21.3 Å². The lowest BCUT2D eigenvalue weighted by Gasteiger charge is -2.05. The molecule has 8 heteroatoms. The van der Waals surface area contributed by atoms with Gasteiger partial charge in [-0.25, -0.2) is 9.79 Å². The van der Waals surface area contributed by atoms with E-state index in [2.05, 4.69) is 10.1 Å². The first-order valence-electron chi connectivity index (χ1n) is 8.13. The zero-order valence-electron chi connectivity index (χ0n) is 14.4. The molecule has 0 spiro atoms. The van der Waals surface area contributed by atoms with E-state index in [1.54, 1.807) is 55.5 Å². The number of aromatic nitrogens is 1. The fourth-order valence-electron chi connectivity index (χ4n) is 2.74. The third-order valence-corrected chi connectivity index (χ3v) is 4.94. The average molecular weight is 434 g/mol. The molecule has 0 N–H and O–H groups in total. The molecule has 2 aromatic carbocycles. The molecule has 0 radical (unpaired) electrons. The molecule has 0 saturated heterocycles. The number of benzene rings is 2. The number of ether oxygens (including phenoxy) is 1. The second-order valence-electron chi connectivity index (χ2n) is 5.96. The summed E-state index contributed by atoms with van der Waals surface area (Å²) in [6.07, 6.45) is 1.61. The Labute approximate surface area is 175 Å². The maximum absolute atomic E-state index is 12.3. The Balaban J connectivity index is 1.79. The summed E-state index contributed by atoms with van der Waals surface area (Å²) in [6, 6.07) is 12.1.